The number of hydrogen-bond donors (Lipinski definition) is 2. The maximum absolute atomic E-state index is 10.6. The molecule has 0 saturated carbocycles. The van der Waals surface area contributed by atoms with E-state index in [1.807, 2.05) is 51.1 Å². The molecule has 0 aliphatic carbocycles. The molecule has 1 aromatic heterocycles. The van der Waals surface area contributed by atoms with Gasteiger partial charge < -0.3 is 5.11 Å². The number of aliphatic hydroxyl groups is 1. The van der Waals surface area contributed by atoms with Crippen LogP contribution in [0.3, 0.4) is 0 Å². The van der Waals surface area contributed by atoms with Crippen molar-refractivity contribution in [2.24, 2.45) is 5.41 Å². The highest BCUT2D eigenvalue weighted by atomic mass is 35.5. The Labute approximate surface area is 123 Å². The van der Waals surface area contributed by atoms with Crippen molar-refractivity contribution in [2.75, 3.05) is 0 Å². The highest BCUT2D eigenvalue weighted by Crippen LogP contribution is 2.31. The number of H-pyrrole nitrogens is 1. The maximum atomic E-state index is 10.6. The van der Waals surface area contributed by atoms with Crippen LogP contribution in [-0.2, 0) is 0 Å². The van der Waals surface area contributed by atoms with Crippen molar-refractivity contribution < 1.29 is 5.11 Å². The van der Waals surface area contributed by atoms with E-state index in [2.05, 4.69) is 15.2 Å². The molecule has 0 spiro atoms. The predicted octanol–water partition coefficient (Wildman–Crippen LogP) is 3.41. The lowest BCUT2D eigenvalue weighted by atomic mass is 9.83. The van der Waals surface area contributed by atoms with Crippen LogP contribution in [0.15, 0.2) is 30.6 Å². The van der Waals surface area contributed by atoms with Crippen LogP contribution in [0.4, 0.5) is 0 Å². The van der Waals surface area contributed by atoms with Crippen molar-refractivity contribution in [1.29, 1.82) is 0 Å². The second-order valence-corrected chi connectivity index (χ2v) is 6.19. The van der Waals surface area contributed by atoms with Crippen molar-refractivity contribution in [3.63, 3.8) is 0 Å². The van der Waals surface area contributed by atoms with E-state index in [1.165, 1.54) is 6.33 Å². The van der Waals surface area contributed by atoms with E-state index in [9.17, 15) is 5.11 Å². The molecule has 5 heteroatoms. The van der Waals surface area contributed by atoms with Crippen LogP contribution < -0.4 is 0 Å². The molecule has 0 aliphatic heterocycles. The van der Waals surface area contributed by atoms with Crippen molar-refractivity contribution in [3.8, 4) is 0 Å². The molecule has 2 rings (SSSR count). The third kappa shape index (κ3) is 3.46. The van der Waals surface area contributed by atoms with Crippen LogP contribution >= 0.6 is 11.6 Å². The Morgan fingerprint density at radius 2 is 1.95 bits per heavy atom. The molecule has 0 amide bonds. The Balaban J connectivity index is 2.44. The minimum atomic E-state index is -0.661. The van der Waals surface area contributed by atoms with Crippen LogP contribution in [0.1, 0.15) is 32.2 Å². The number of nitrogens with zero attached hydrogens (tertiary/aromatic N) is 2. The van der Waals surface area contributed by atoms with E-state index >= 15 is 0 Å². The smallest absolute Gasteiger partial charge is 0.154 e. The minimum Gasteiger partial charge on any atom is -0.388 e. The number of halogens is 1. The number of nitrogens with one attached hydrogen (secondary N) is 1. The number of aromatic amines is 1. The summed E-state index contributed by atoms with van der Waals surface area (Å²) in [5.74, 6) is 0.572. The van der Waals surface area contributed by atoms with Gasteiger partial charge in [-0.2, -0.15) is 5.10 Å². The molecule has 2 aromatic rings. The van der Waals surface area contributed by atoms with E-state index in [0.29, 0.717) is 16.4 Å². The summed E-state index contributed by atoms with van der Waals surface area (Å²) in [6, 6.07) is 7.42. The van der Waals surface area contributed by atoms with Gasteiger partial charge in [-0.25, -0.2) is 4.98 Å². The SMILES string of the molecule is CC(C)(C)C(O)C(=Cc1ccc(Cl)cc1)c1ncn[nH]1. The van der Waals surface area contributed by atoms with Crippen LogP contribution in [0.25, 0.3) is 11.6 Å². The summed E-state index contributed by atoms with van der Waals surface area (Å²) < 4.78 is 0. The van der Waals surface area contributed by atoms with E-state index < -0.39 is 6.10 Å². The third-order valence-corrected chi connectivity index (χ3v) is 3.25. The second-order valence-electron chi connectivity index (χ2n) is 5.75. The van der Waals surface area contributed by atoms with Gasteiger partial charge in [-0.15, -0.1) is 0 Å². The van der Waals surface area contributed by atoms with Crippen molar-refractivity contribution in [1.82, 2.24) is 15.2 Å². The van der Waals surface area contributed by atoms with E-state index in [1.54, 1.807) is 0 Å². The molecule has 0 aliphatic rings. The number of aliphatic hydroxyl groups excluding tert-OH is 1. The van der Waals surface area contributed by atoms with Crippen molar-refractivity contribution in [2.45, 2.75) is 26.9 Å². The first-order chi connectivity index (χ1) is 9.38. The standard InChI is InChI=1S/C15H18ClN3O/c1-15(2,3)13(20)12(14-17-9-18-19-14)8-10-4-6-11(16)7-5-10/h4-9,13,20H,1-3H3,(H,17,18,19). The second kappa shape index (κ2) is 5.77. The average molecular weight is 292 g/mol. The average Bonchev–Trinajstić information content (AvgIpc) is 2.90. The Hall–Kier alpha value is -1.65. The fraction of sp³-hybridized carbons (Fsp3) is 0.333. The van der Waals surface area contributed by atoms with Gasteiger partial charge in [-0.05, 0) is 29.2 Å². The molecule has 1 heterocycles. The molecule has 106 valence electrons. The first-order valence-electron chi connectivity index (χ1n) is 6.39. The lowest BCUT2D eigenvalue weighted by Crippen LogP contribution is -2.27. The van der Waals surface area contributed by atoms with Crippen molar-refractivity contribution in [3.05, 3.63) is 47.0 Å². The highest BCUT2D eigenvalue weighted by molar-refractivity contribution is 6.30. The van der Waals surface area contributed by atoms with Crippen LogP contribution in [0.2, 0.25) is 5.02 Å². The summed E-state index contributed by atoms with van der Waals surface area (Å²) in [6.45, 7) is 5.93. The van der Waals surface area contributed by atoms with Crippen molar-refractivity contribution >= 4 is 23.3 Å². The maximum Gasteiger partial charge on any atom is 0.154 e. The normalized spacial score (nSPS) is 14.3. The van der Waals surface area contributed by atoms with Gasteiger partial charge in [-0.1, -0.05) is 44.5 Å². The molecule has 20 heavy (non-hydrogen) atoms. The Bertz CT molecular complexity index is 583. The quantitative estimate of drug-likeness (QED) is 0.911. The van der Waals surface area contributed by atoms with Gasteiger partial charge in [0.15, 0.2) is 5.82 Å². The number of benzene rings is 1. The third-order valence-electron chi connectivity index (χ3n) is 3.00. The van der Waals surface area contributed by atoms with Gasteiger partial charge in [0.2, 0.25) is 0 Å². The summed E-state index contributed by atoms with van der Waals surface area (Å²) in [5.41, 5.74) is 1.35. The van der Waals surface area contributed by atoms with Gasteiger partial charge >= 0.3 is 0 Å². The summed E-state index contributed by atoms with van der Waals surface area (Å²) in [6.07, 6.45) is 2.67. The van der Waals surface area contributed by atoms with Crippen LogP contribution in [0, 0.1) is 5.41 Å². The molecule has 0 bridgehead atoms. The zero-order chi connectivity index (χ0) is 14.8. The van der Waals surface area contributed by atoms with E-state index in [-0.39, 0.29) is 5.41 Å². The lowest BCUT2D eigenvalue weighted by molar-refractivity contribution is 0.114. The fourth-order valence-corrected chi connectivity index (χ4v) is 1.95. The Morgan fingerprint density at radius 3 is 2.45 bits per heavy atom. The molecule has 0 saturated heterocycles. The van der Waals surface area contributed by atoms with E-state index in [4.69, 9.17) is 11.6 Å². The van der Waals surface area contributed by atoms with E-state index in [0.717, 1.165) is 5.56 Å². The molecule has 1 unspecified atom stereocenters. The monoisotopic (exact) mass is 291 g/mol. The number of rotatable bonds is 3. The van der Waals surface area contributed by atoms with Crippen LogP contribution in [-0.4, -0.2) is 26.4 Å². The number of aromatic nitrogens is 3. The molecule has 1 atom stereocenters. The molecule has 0 fully saturated rings. The molecule has 4 nitrogen and oxygen atoms in total. The summed E-state index contributed by atoms with van der Waals surface area (Å²) in [4.78, 5) is 4.14. The minimum absolute atomic E-state index is 0.301. The largest absolute Gasteiger partial charge is 0.388 e. The fourth-order valence-electron chi connectivity index (χ4n) is 1.83. The summed E-state index contributed by atoms with van der Waals surface area (Å²) in [7, 11) is 0. The molecular weight excluding hydrogens is 274 g/mol. The summed E-state index contributed by atoms with van der Waals surface area (Å²) in [5, 5.41) is 17.9. The van der Waals surface area contributed by atoms with Gasteiger partial charge in [0, 0.05) is 10.6 Å². The van der Waals surface area contributed by atoms with Gasteiger partial charge in [0.05, 0.1) is 6.10 Å². The molecular formula is C15H18ClN3O. The predicted molar refractivity (Wildman–Crippen MR) is 81.2 cm³/mol. The Kier molecular flexibility index (Phi) is 4.26. The van der Waals surface area contributed by atoms with Crippen LogP contribution in [0.5, 0.6) is 0 Å². The lowest BCUT2D eigenvalue weighted by Gasteiger charge is -2.27. The molecule has 0 radical (unpaired) electrons. The first kappa shape index (κ1) is 14.8. The zero-order valence-electron chi connectivity index (χ0n) is 11.8. The summed E-state index contributed by atoms with van der Waals surface area (Å²) >= 11 is 5.88. The highest BCUT2D eigenvalue weighted by Gasteiger charge is 2.28. The first-order valence-corrected chi connectivity index (χ1v) is 6.76. The zero-order valence-corrected chi connectivity index (χ0v) is 12.5. The van der Waals surface area contributed by atoms with Gasteiger partial charge in [-0.3, -0.25) is 5.10 Å². The molecule has 2 N–H and O–H groups in total. The van der Waals surface area contributed by atoms with Gasteiger partial charge in [0.1, 0.15) is 6.33 Å². The number of hydrogen-bond acceptors (Lipinski definition) is 3. The Morgan fingerprint density at radius 1 is 1.30 bits per heavy atom. The molecule has 1 aromatic carbocycles. The topological polar surface area (TPSA) is 61.8 Å². The van der Waals surface area contributed by atoms with Gasteiger partial charge in [0.25, 0.3) is 0 Å².